The molecular weight excluding hydrogens is 260 g/mol. The molecule has 0 radical (unpaired) electrons. The first-order chi connectivity index (χ1) is 9.31. The number of β-amino-alcohol motifs (C(OH)–C–C–N with tert-alkyl or cyclic N) is 1. The van der Waals surface area contributed by atoms with Gasteiger partial charge in [-0.3, -0.25) is 4.90 Å². The highest BCUT2D eigenvalue weighted by molar-refractivity contribution is 5.68. The smallest absolute Gasteiger partial charge is 0.410 e. The summed E-state index contributed by atoms with van der Waals surface area (Å²) in [6.45, 7) is 9.49. The molecule has 6 heteroatoms. The Labute approximate surface area is 121 Å². The van der Waals surface area contributed by atoms with Crippen molar-refractivity contribution < 1.29 is 19.4 Å². The SMILES string of the molecule is COCC(O)CN1CCCN(C(=O)OC(C)(C)C)CC1. The molecule has 20 heavy (non-hydrogen) atoms. The Hall–Kier alpha value is -0.850. The van der Waals surface area contributed by atoms with Crippen molar-refractivity contribution in [1.82, 2.24) is 9.80 Å². The zero-order valence-electron chi connectivity index (χ0n) is 13.1. The molecule has 1 saturated heterocycles. The van der Waals surface area contributed by atoms with E-state index in [2.05, 4.69) is 4.90 Å². The third-order valence-electron chi connectivity index (χ3n) is 3.07. The topological polar surface area (TPSA) is 62.2 Å². The Bertz CT molecular complexity index is 304. The quantitative estimate of drug-likeness (QED) is 0.834. The molecule has 1 atom stereocenters. The molecule has 1 fully saturated rings. The number of nitrogens with zero attached hydrogens (tertiary/aromatic N) is 2. The van der Waals surface area contributed by atoms with Crippen LogP contribution in [0.2, 0.25) is 0 Å². The van der Waals surface area contributed by atoms with E-state index in [9.17, 15) is 9.90 Å². The fraction of sp³-hybridized carbons (Fsp3) is 0.929. The summed E-state index contributed by atoms with van der Waals surface area (Å²) in [5.41, 5.74) is -0.461. The molecule has 1 N–H and O–H groups in total. The summed E-state index contributed by atoms with van der Waals surface area (Å²) >= 11 is 0. The fourth-order valence-corrected chi connectivity index (χ4v) is 2.21. The summed E-state index contributed by atoms with van der Waals surface area (Å²) in [6.07, 6.45) is 0.156. The molecule has 6 nitrogen and oxygen atoms in total. The monoisotopic (exact) mass is 288 g/mol. The van der Waals surface area contributed by atoms with Crippen molar-refractivity contribution in [3.05, 3.63) is 0 Å². The van der Waals surface area contributed by atoms with Crippen molar-refractivity contribution in [2.24, 2.45) is 0 Å². The van der Waals surface area contributed by atoms with E-state index in [-0.39, 0.29) is 6.09 Å². The minimum absolute atomic E-state index is 0.253. The summed E-state index contributed by atoms with van der Waals surface area (Å²) < 4.78 is 10.3. The van der Waals surface area contributed by atoms with Gasteiger partial charge in [-0.1, -0.05) is 0 Å². The highest BCUT2D eigenvalue weighted by Crippen LogP contribution is 2.12. The number of hydrogen-bond acceptors (Lipinski definition) is 5. The number of carbonyl (C=O) groups is 1. The van der Waals surface area contributed by atoms with Gasteiger partial charge in [0.25, 0.3) is 0 Å². The minimum Gasteiger partial charge on any atom is -0.444 e. The van der Waals surface area contributed by atoms with Crippen LogP contribution in [0.5, 0.6) is 0 Å². The Morgan fingerprint density at radius 1 is 1.25 bits per heavy atom. The molecule has 0 aliphatic carbocycles. The summed E-state index contributed by atoms with van der Waals surface area (Å²) in [6, 6.07) is 0. The highest BCUT2D eigenvalue weighted by atomic mass is 16.6. The molecule has 0 aromatic carbocycles. The van der Waals surface area contributed by atoms with Gasteiger partial charge in [-0.25, -0.2) is 4.79 Å². The predicted molar refractivity (Wildman–Crippen MR) is 76.7 cm³/mol. The third kappa shape index (κ3) is 6.54. The van der Waals surface area contributed by atoms with Gasteiger partial charge in [0.15, 0.2) is 0 Å². The van der Waals surface area contributed by atoms with E-state index in [1.807, 2.05) is 20.8 Å². The first-order valence-corrected chi connectivity index (χ1v) is 7.19. The molecule has 0 spiro atoms. The molecule has 1 unspecified atom stereocenters. The third-order valence-corrected chi connectivity index (χ3v) is 3.07. The molecule has 118 valence electrons. The molecule has 0 saturated carbocycles. The number of aliphatic hydroxyl groups is 1. The summed E-state index contributed by atoms with van der Waals surface area (Å²) in [5, 5.41) is 9.75. The lowest BCUT2D eigenvalue weighted by molar-refractivity contribution is 0.0242. The van der Waals surface area contributed by atoms with Crippen LogP contribution in [0.3, 0.4) is 0 Å². The summed E-state index contributed by atoms with van der Waals surface area (Å²) in [7, 11) is 1.58. The van der Waals surface area contributed by atoms with E-state index in [1.54, 1.807) is 12.0 Å². The zero-order chi connectivity index (χ0) is 15.2. The van der Waals surface area contributed by atoms with Crippen LogP contribution in [-0.4, -0.2) is 79.1 Å². The van der Waals surface area contributed by atoms with Gasteiger partial charge < -0.3 is 19.5 Å². The molecule has 0 bridgehead atoms. The second-order valence-corrected chi connectivity index (χ2v) is 6.23. The first-order valence-electron chi connectivity index (χ1n) is 7.19. The minimum atomic E-state index is -0.479. The van der Waals surface area contributed by atoms with Crippen LogP contribution < -0.4 is 0 Å². The van der Waals surface area contributed by atoms with Crippen LogP contribution in [0, 0.1) is 0 Å². The number of carbonyl (C=O) groups excluding carboxylic acids is 1. The van der Waals surface area contributed by atoms with Gasteiger partial charge in [0.2, 0.25) is 0 Å². The lowest BCUT2D eigenvalue weighted by Crippen LogP contribution is -2.40. The van der Waals surface area contributed by atoms with Gasteiger partial charge in [-0.2, -0.15) is 0 Å². The largest absolute Gasteiger partial charge is 0.444 e. The van der Waals surface area contributed by atoms with Crippen LogP contribution in [0.1, 0.15) is 27.2 Å². The fourth-order valence-electron chi connectivity index (χ4n) is 2.21. The van der Waals surface area contributed by atoms with Crippen molar-refractivity contribution in [2.45, 2.75) is 38.9 Å². The molecule has 0 aromatic heterocycles. The Balaban J connectivity index is 2.41. The average molecular weight is 288 g/mol. The number of amides is 1. The second kappa shape index (κ2) is 7.81. The van der Waals surface area contributed by atoms with Gasteiger partial charge in [0.1, 0.15) is 5.60 Å². The highest BCUT2D eigenvalue weighted by Gasteiger charge is 2.24. The lowest BCUT2D eigenvalue weighted by Gasteiger charge is -2.26. The van der Waals surface area contributed by atoms with Crippen LogP contribution in [0.25, 0.3) is 0 Å². The molecule has 1 rings (SSSR count). The van der Waals surface area contributed by atoms with Crippen molar-refractivity contribution in [2.75, 3.05) is 46.4 Å². The Morgan fingerprint density at radius 2 is 1.95 bits per heavy atom. The van der Waals surface area contributed by atoms with E-state index in [0.29, 0.717) is 26.2 Å². The van der Waals surface area contributed by atoms with E-state index in [4.69, 9.17) is 9.47 Å². The maximum Gasteiger partial charge on any atom is 0.410 e. The van der Waals surface area contributed by atoms with Crippen LogP contribution in [0.4, 0.5) is 4.79 Å². The molecule has 1 amide bonds. The molecule has 1 heterocycles. The van der Waals surface area contributed by atoms with Crippen molar-refractivity contribution >= 4 is 6.09 Å². The average Bonchev–Trinajstić information content (AvgIpc) is 2.52. The number of rotatable bonds is 4. The van der Waals surface area contributed by atoms with E-state index in [0.717, 1.165) is 19.5 Å². The Kier molecular flexibility index (Phi) is 6.71. The maximum absolute atomic E-state index is 12.0. The van der Waals surface area contributed by atoms with Crippen molar-refractivity contribution in [1.29, 1.82) is 0 Å². The second-order valence-electron chi connectivity index (χ2n) is 6.23. The van der Waals surface area contributed by atoms with E-state index < -0.39 is 11.7 Å². The predicted octanol–water partition coefficient (Wildman–Crippen LogP) is 0.936. The Morgan fingerprint density at radius 3 is 2.55 bits per heavy atom. The van der Waals surface area contributed by atoms with Gasteiger partial charge in [-0.05, 0) is 27.2 Å². The van der Waals surface area contributed by atoms with E-state index >= 15 is 0 Å². The van der Waals surface area contributed by atoms with Gasteiger partial charge in [0, 0.05) is 39.8 Å². The molecule has 1 aliphatic rings. The molecule has 1 aliphatic heterocycles. The lowest BCUT2D eigenvalue weighted by atomic mass is 10.2. The van der Waals surface area contributed by atoms with Gasteiger partial charge in [0.05, 0.1) is 12.7 Å². The molecule has 0 aromatic rings. The van der Waals surface area contributed by atoms with Crippen molar-refractivity contribution in [3.8, 4) is 0 Å². The first kappa shape index (κ1) is 17.2. The van der Waals surface area contributed by atoms with Crippen LogP contribution in [-0.2, 0) is 9.47 Å². The molecular formula is C14H28N2O4. The standard InChI is InChI=1S/C14H28N2O4/c1-14(2,3)20-13(18)16-7-5-6-15(8-9-16)10-12(17)11-19-4/h12,17H,5-11H2,1-4H3. The zero-order valence-corrected chi connectivity index (χ0v) is 13.1. The van der Waals surface area contributed by atoms with Crippen LogP contribution in [0.15, 0.2) is 0 Å². The van der Waals surface area contributed by atoms with E-state index in [1.165, 1.54) is 0 Å². The number of methoxy groups -OCH3 is 1. The van der Waals surface area contributed by atoms with Gasteiger partial charge in [-0.15, -0.1) is 0 Å². The van der Waals surface area contributed by atoms with Gasteiger partial charge >= 0.3 is 6.09 Å². The number of ether oxygens (including phenoxy) is 2. The number of aliphatic hydroxyl groups excluding tert-OH is 1. The van der Waals surface area contributed by atoms with Crippen molar-refractivity contribution in [3.63, 3.8) is 0 Å². The maximum atomic E-state index is 12.0. The summed E-state index contributed by atoms with van der Waals surface area (Å²) in [4.78, 5) is 15.9. The van der Waals surface area contributed by atoms with Crippen LogP contribution >= 0.6 is 0 Å². The number of hydrogen-bond donors (Lipinski definition) is 1. The normalized spacial score (nSPS) is 19.6. The summed E-state index contributed by atoms with van der Waals surface area (Å²) in [5.74, 6) is 0.